The molecule has 0 radical (unpaired) electrons. The fraction of sp³-hybridized carbons (Fsp3) is 0.429. The van der Waals surface area contributed by atoms with Gasteiger partial charge in [-0.15, -0.1) is 11.3 Å². The van der Waals surface area contributed by atoms with Crippen LogP contribution in [0.3, 0.4) is 0 Å². The van der Waals surface area contributed by atoms with E-state index in [0.717, 1.165) is 22.4 Å². The minimum Gasteiger partial charge on any atom is -0.388 e. The first-order valence-corrected chi connectivity index (χ1v) is 7.76. The van der Waals surface area contributed by atoms with Gasteiger partial charge in [-0.2, -0.15) is 0 Å². The minimum absolute atomic E-state index is 0.289. The summed E-state index contributed by atoms with van der Waals surface area (Å²) in [6.45, 7) is 0. The monoisotopic (exact) mass is 310 g/mol. The molecule has 1 saturated carbocycles. The summed E-state index contributed by atoms with van der Waals surface area (Å²) in [5, 5.41) is 13.6. The average molecular weight is 311 g/mol. The van der Waals surface area contributed by atoms with E-state index in [-0.39, 0.29) is 6.10 Å². The van der Waals surface area contributed by atoms with Crippen LogP contribution in [-0.4, -0.2) is 5.11 Å². The summed E-state index contributed by atoms with van der Waals surface area (Å²) in [5.74, 6) is 0.743. The van der Waals surface area contributed by atoms with Gasteiger partial charge in [-0.25, -0.2) is 0 Å². The maximum absolute atomic E-state index is 10.3. The Hall–Kier alpha value is -0.380. The molecular weight excluding hydrogens is 296 g/mol. The zero-order chi connectivity index (χ0) is 11.8. The standard InChI is InChI=1S/C14H15BrOS/c15-12-6-2-5-10-11(8-17-14(10)12)13(16)7-9-3-1-4-9/h2,5-6,8-9,13,16H,1,3-4,7H2. The third-order valence-corrected chi connectivity index (χ3v) is 5.69. The van der Waals surface area contributed by atoms with Crippen LogP contribution in [0, 0.1) is 5.92 Å². The van der Waals surface area contributed by atoms with Crippen LogP contribution in [0.15, 0.2) is 28.1 Å². The molecule has 1 fully saturated rings. The second-order valence-electron chi connectivity index (χ2n) is 4.86. The summed E-state index contributed by atoms with van der Waals surface area (Å²) < 4.78 is 2.37. The van der Waals surface area contributed by atoms with Gasteiger partial charge in [-0.05, 0) is 50.7 Å². The molecule has 17 heavy (non-hydrogen) atoms. The Labute approximate surface area is 114 Å². The highest BCUT2D eigenvalue weighted by atomic mass is 79.9. The molecule has 0 spiro atoms. The Morgan fingerprint density at radius 3 is 2.94 bits per heavy atom. The van der Waals surface area contributed by atoms with Gasteiger partial charge in [0.05, 0.1) is 6.10 Å². The molecule has 0 aliphatic heterocycles. The molecule has 1 N–H and O–H groups in total. The van der Waals surface area contributed by atoms with Crippen molar-refractivity contribution in [2.75, 3.05) is 0 Å². The van der Waals surface area contributed by atoms with Crippen LogP contribution < -0.4 is 0 Å². The summed E-state index contributed by atoms with van der Waals surface area (Å²) in [4.78, 5) is 0. The number of rotatable bonds is 3. The van der Waals surface area contributed by atoms with E-state index in [1.165, 1.54) is 29.3 Å². The number of aliphatic hydroxyl groups is 1. The first-order chi connectivity index (χ1) is 8.25. The normalized spacial score (nSPS) is 18.2. The van der Waals surface area contributed by atoms with Crippen molar-refractivity contribution in [3.8, 4) is 0 Å². The molecule has 0 amide bonds. The van der Waals surface area contributed by atoms with Crippen molar-refractivity contribution in [1.29, 1.82) is 0 Å². The first-order valence-electron chi connectivity index (χ1n) is 6.09. The number of hydrogen-bond acceptors (Lipinski definition) is 2. The summed E-state index contributed by atoms with van der Waals surface area (Å²) in [6, 6.07) is 6.20. The second kappa shape index (κ2) is 4.71. The van der Waals surface area contributed by atoms with Gasteiger partial charge in [0.1, 0.15) is 0 Å². The highest BCUT2D eigenvalue weighted by molar-refractivity contribution is 9.10. The van der Waals surface area contributed by atoms with Crippen LogP contribution in [0.4, 0.5) is 0 Å². The van der Waals surface area contributed by atoms with Crippen molar-refractivity contribution in [3.05, 3.63) is 33.6 Å². The largest absolute Gasteiger partial charge is 0.388 e. The lowest BCUT2D eigenvalue weighted by Gasteiger charge is -2.27. The number of halogens is 1. The third kappa shape index (κ3) is 2.16. The fourth-order valence-electron chi connectivity index (χ4n) is 2.47. The predicted molar refractivity (Wildman–Crippen MR) is 76.4 cm³/mol. The quantitative estimate of drug-likeness (QED) is 0.856. The van der Waals surface area contributed by atoms with Crippen molar-refractivity contribution < 1.29 is 5.11 Å². The average Bonchev–Trinajstić information content (AvgIpc) is 2.68. The van der Waals surface area contributed by atoms with E-state index in [9.17, 15) is 5.11 Å². The van der Waals surface area contributed by atoms with Crippen molar-refractivity contribution in [2.24, 2.45) is 5.92 Å². The van der Waals surface area contributed by atoms with Crippen molar-refractivity contribution in [2.45, 2.75) is 31.8 Å². The van der Waals surface area contributed by atoms with Crippen LogP contribution in [-0.2, 0) is 0 Å². The Morgan fingerprint density at radius 1 is 1.41 bits per heavy atom. The van der Waals surface area contributed by atoms with E-state index in [2.05, 4.69) is 33.4 Å². The van der Waals surface area contributed by atoms with Crippen molar-refractivity contribution in [3.63, 3.8) is 0 Å². The zero-order valence-electron chi connectivity index (χ0n) is 9.53. The van der Waals surface area contributed by atoms with E-state index in [4.69, 9.17) is 0 Å². The lowest BCUT2D eigenvalue weighted by atomic mass is 9.80. The maximum Gasteiger partial charge on any atom is 0.0806 e. The number of hydrogen-bond donors (Lipinski definition) is 1. The van der Waals surface area contributed by atoms with Crippen LogP contribution in [0.25, 0.3) is 10.1 Å². The lowest BCUT2D eigenvalue weighted by molar-refractivity contribution is 0.120. The molecule has 1 unspecified atom stereocenters. The van der Waals surface area contributed by atoms with Crippen LogP contribution in [0.5, 0.6) is 0 Å². The number of aliphatic hydroxyl groups excluding tert-OH is 1. The van der Waals surface area contributed by atoms with Crippen molar-refractivity contribution in [1.82, 2.24) is 0 Å². The van der Waals surface area contributed by atoms with E-state index in [1.807, 2.05) is 6.07 Å². The smallest absolute Gasteiger partial charge is 0.0806 e. The lowest BCUT2D eigenvalue weighted by Crippen LogP contribution is -2.14. The van der Waals surface area contributed by atoms with Crippen molar-refractivity contribution >= 4 is 37.4 Å². The molecular formula is C14H15BrOS. The number of benzene rings is 1. The first kappa shape index (κ1) is 11.7. The van der Waals surface area contributed by atoms with E-state index in [1.54, 1.807) is 11.3 Å². The van der Waals surface area contributed by atoms with Gasteiger partial charge in [0.2, 0.25) is 0 Å². The Kier molecular flexibility index (Phi) is 3.24. The highest BCUT2D eigenvalue weighted by Gasteiger charge is 2.23. The number of thiophene rings is 1. The summed E-state index contributed by atoms with van der Waals surface area (Å²) >= 11 is 5.28. The predicted octanol–water partition coefficient (Wildman–Crippen LogP) is 4.89. The third-order valence-electron chi connectivity index (χ3n) is 3.72. The van der Waals surface area contributed by atoms with E-state index >= 15 is 0 Å². The van der Waals surface area contributed by atoms with Crippen LogP contribution >= 0.6 is 27.3 Å². The number of fused-ring (bicyclic) bond motifs is 1. The fourth-order valence-corrected chi connectivity index (χ4v) is 4.14. The molecule has 1 heterocycles. The molecule has 1 atom stereocenters. The van der Waals surface area contributed by atoms with Gasteiger partial charge >= 0.3 is 0 Å². The summed E-state index contributed by atoms with van der Waals surface area (Å²) in [6.07, 6.45) is 4.57. The van der Waals surface area contributed by atoms with Gasteiger partial charge in [0.25, 0.3) is 0 Å². The van der Waals surface area contributed by atoms with Gasteiger partial charge in [0.15, 0.2) is 0 Å². The molecule has 1 aromatic carbocycles. The molecule has 1 aliphatic carbocycles. The van der Waals surface area contributed by atoms with Gasteiger partial charge < -0.3 is 5.11 Å². The zero-order valence-corrected chi connectivity index (χ0v) is 11.9. The molecule has 0 bridgehead atoms. The molecule has 0 saturated heterocycles. The summed E-state index contributed by atoms with van der Waals surface area (Å²) in [5.41, 5.74) is 1.11. The van der Waals surface area contributed by atoms with E-state index < -0.39 is 0 Å². The van der Waals surface area contributed by atoms with Gasteiger partial charge in [-0.1, -0.05) is 31.4 Å². The Bertz CT molecular complexity index is 530. The highest BCUT2D eigenvalue weighted by Crippen LogP contribution is 2.40. The Balaban J connectivity index is 1.91. The van der Waals surface area contributed by atoms with Crippen LogP contribution in [0.1, 0.15) is 37.4 Å². The Morgan fingerprint density at radius 2 is 2.24 bits per heavy atom. The summed E-state index contributed by atoms with van der Waals surface area (Å²) in [7, 11) is 0. The molecule has 3 rings (SSSR count). The van der Waals surface area contributed by atoms with Gasteiger partial charge in [-0.3, -0.25) is 0 Å². The topological polar surface area (TPSA) is 20.2 Å². The molecule has 90 valence electrons. The maximum atomic E-state index is 10.3. The molecule has 1 aliphatic rings. The van der Waals surface area contributed by atoms with Gasteiger partial charge in [0, 0.05) is 9.17 Å². The second-order valence-corrected chi connectivity index (χ2v) is 6.59. The SMILES string of the molecule is OC(CC1CCC1)c1csc2c(Br)cccc12. The van der Waals surface area contributed by atoms with E-state index in [0.29, 0.717) is 0 Å². The molecule has 1 nitrogen and oxygen atoms in total. The van der Waals surface area contributed by atoms with Crippen LogP contribution in [0.2, 0.25) is 0 Å². The molecule has 2 aromatic rings. The molecule has 1 aromatic heterocycles. The molecule has 3 heteroatoms. The minimum atomic E-state index is -0.289.